The number of aromatic carboxylic acids is 1. The summed E-state index contributed by atoms with van der Waals surface area (Å²) in [5.41, 5.74) is 0.411. The van der Waals surface area contributed by atoms with Gasteiger partial charge in [-0.2, -0.15) is 0 Å². The molecule has 4 nitrogen and oxygen atoms in total. The van der Waals surface area contributed by atoms with E-state index in [9.17, 15) is 9.59 Å². The van der Waals surface area contributed by atoms with Gasteiger partial charge < -0.3 is 9.84 Å². The van der Waals surface area contributed by atoms with Crippen LogP contribution in [0.5, 0.6) is 5.06 Å². The SMILES string of the molecule is O=C(O)c1cc2c(s1)OCCC2=O. The van der Waals surface area contributed by atoms with Gasteiger partial charge in [-0.3, -0.25) is 4.79 Å². The number of carboxylic acid groups (broad SMARTS) is 1. The van der Waals surface area contributed by atoms with Gasteiger partial charge in [0.05, 0.1) is 12.2 Å². The van der Waals surface area contributed by atoms with E-state index in [0.717, 1.165) is 11.3 Å². The largest absolute Gasteiger partial charge is 0.483 e. The zero-order valence-electron chi connectivity index (χ0n) is 6.57. The van der Waals surface area contributed by atoms with E-state index in [-0.39, 0.29) is 10.7 Å². The minimum Gasteiger partial charge on any atom is -0.483 e. The summed E-state index contributed by atoms with van der Waals surface area (Å²) in [6, 6.07) is 1.38. The molecule has 0 atom stereocenters. The van der Waals surface area contributed by atoms with Gasteiger partial charge in [0, 0.05) is 6.42 Å². The van der Waals surface area contributed by atoms with Crippen LogP contribution in [0.4, 0.5) is 0 Å². The molecule has 1 aliphatic heterocycles. The summed E-state index contributed by atoms with van der Waals surface area (Å²) in [6.45, 7) is 0.353. The molecular weight excluding hydrogens is 192 g/mol. The van der Waals surface area contributed by atoms with E-state index >= 15 is 0 Å². The molecule has 0 amide bonds. The number of thiophene rings is 1. The molecule has 0 saturated heterocycles. The van der Waals surface area contributed by atoms with Crippen LogP contribution >= 0.6 is 11.3 Å². The minimum absolute atomic E-state index is 0.0370. The molecular formula is C8H6O4S. The van der Waals surface area contributed by atoms with Crippen molar-refractivity contribution in [1.82, 2.24) is 0 Å². The average molecular weight is 198 g/mol. The Kier molecular flexibility index (Phi) is 1.81. The van der Waals surface area contributed by atoms with Crippen molar-refractivity contribution in [2.75, 3.05) is 6.61 Å². The fourth-order valence-electron chi connectivity index (χ4n) is 1.15. The molecule has 1 aromatic heterocycles. The molecule has 0 bridgehead atoms. The molecule has 1 aliphatic rings. The molecule has 2 rings (SSSR count). The summed E-state index contributed by atoms with van der Waals surface area (Å²) in [7, 11) is 0. The molecule has 0 fully saturated rings. The number of carbonyl (C=O) groups excluding carboxylic acids is 1. The van der Waals surface area contributed by atoms with Gasteiger partial charge in [0.1, 0.15) is 4.88 Å². The molecule has 0 spiro atoms. The molecule has 2 heterocycles. The Bertz CT molecular complexity index is 379. The van der Waals surface area contributed by atoms with Crippen molar-refractivity contribution in [2.45, 2.75) is 6.42 Å². The fraction of sp³-hybridized carbons (Fsp3) is 0.250. The highest BCUT2D eigenvalue weighted by molar-refractivity contribution is 7.16. The third-order valence-corrected chi connectivity index (χ3v) is 2.81. The van der Waals surface area contributed by atoms with Gasteiger partial charge in [-0.1, -0.05) is 11.3 Å². The topological polar surface area (TPSA) is 63.6 Å². The fourth-order valence-corrected chi connectivity index (χ4v) is 2.04. The van der Waals surface area contributed by atoms with Crippen LogP contribution < -0.4 is 4.74 Å². The third kappa shape index (κ3) is 1.31. The van der Waals surface area contributed by atoms with Crippen molar-refractivity contribution >= 4 is 23.1 Å². The highest BCUT2D eigenvalue weighted by Gasteiger charge is 2.23. The maximum atomic E-state index is 11.3. The zero-order valence-corrected chi connectivity index (χ0v) is 7.39. The van der Waals surface area contributed by atoms with Crippen LogP contribution in [-0.2, 0) is 0 Å². The zero-order chi connectivity index (χ0) is 9.42. The first-order chi connectivity index (χ1) is 6.18. The van der Waals surface area contributed by atoms with Gasteiger partial charge >= 0.3 is 5.97 Å². The monoisotopic (exact) mass is 198 g/mol. The van der Waals surface area contributed by atoms with Crippen LogP contribution in [0.1, 0.15) is 26.5 Å². The van der Waals surface area contributed by atoms with E-state index in [1.54, 1.807) is 0 Å². The molecule has 5 heteroatoms. The summed E-state index contributed by atoms with van der Waals surface area (Å²) in [6.07, 6.45) is 0.336. The van der Waals surface area contributed by atoms with Gasteiger partial charge in [0.25, 0.3) is 0 Å². The number of rotatable bonds is 1. The number of ether oxygens (including phenoxy) is 1. The Morgan fingerprint density at radius 3 is 3.00 bits per heavy atom. The lowest BCUT2D eigenvalue weighted by Crippen LogP contribution is -2.12. The lowest BCUT2D eigenvalue weighted by molar-refractivity contribution is 0.0702. The Labute approximate surface area is 77.8 Å². The van der Waals surface area contributed by atoms with Gasteiger partial charge in [0.2, 0.25) is 0 Å². The van der Waals surface area contributed by atoms with Crippen molar-refractivity contribution in [3.8, 4) is 5.06 Å². The summed E-state index contributed by atoms with van der Waals surface area (Å²) in [5, 5.41) is 9.10. The van der Waals surface area contributed by atoms with E-state index in [2.05, 4.69) is 0 Å². The van der Waals surface area contributed by atoms with Gasteiger partial charge in [0.15, 0.2) is 10.8 Å². The molecule has 0 saturated carbocycles. The van der Waals surface area contributed by atoms with Gasteiger partial charge in [-0.15, -0.1) is 0 Å². The highest BCUT2D eigenvalue weighted by atomic mass is 32.1. The molecule has 13 heavy (non-hydrogen) atoms. The average Bonchev–Trinajstić information content (AvgIpc) is 2.49. The number of Topliss-reactive ketones (excluding diaryl/α,β-unsaturated/α-hetero) is 1. The Morgan fingerprint density at radius 1 is 1.62 bits per heavy atom. The van der Waals surface area contributed by atoms with Crippen LogP contribution in [-0.4, -0.2) is 23.5 Å². The molecule has 0 aliphatic carbocycles. The smallest absolute Gasteiger partial charge is 0.346 e. The second-order valence-electron chi connectivity index (χ2n) is 2.64. The predicted molar refractivity (Wildman–Crippen MR) is 45.7 cm³/mol. The first-order valence-corrected chi connectivity index (χ1v) is 4.53. The van der Waals surface area contributed by atoms with E-state index in [1.165, 1.54) is 6.07 Å². The molecule has 1 aromatic rings. The molecule has 0 radical (unpaired) electrons. The second kappa shape index (κ2) is 2.85. The van der Waals surface area contributed by atoms with Crippen molar-refractivity contribution in [3.63, 3.8) is 0 Å². The number of hydrogen-bond acceptors (Lipinski definition) is 4. The van der Waals surface area contributed by atoms with Crippen LogP contribution in [0.2, 0.25) is 0 Å². The van der Waals surface area contributed by atoms with E-state index in [1.807, 2.05) is 0 Å². The number of carboxylic acids is 1. The normalized spacial score (nSPS) is 14.9. The molecule has 0 aromatic carbocycles. The Hall–Kier alpha value is -1.36. The molecule has 1 N–H and O–H groups in total. The summed E-state index contributed by atoms with van der Waals surface area (Å²) in [4.78, 5) is 22.0. The Morgan fingerprint density at radius 2 is 2.38 bits per heavy atom. The summed E-state index contributed by atoms with van der Waals surface area (Å²) in [5.74, 6) is -1.05. The maximum absolute atomic E-state index is 11.3. The maximum Gasteiger partial charge on any atom is 0.346 e. The van der Waals surface area contributed by atoms with Crippen LogP contribution in [0, 0.1) is 0 Å². The van der Waals surface area contributed by atoms with Crippen molar-refractivity contribution in [3.05, 3.63) is 16.5 Å². The minimum atomic E-state index is -1.02. The first-order valence-electron chi connectivity index (χ1n) is 3.71. The lowest BCUT2D eigenvalue weighted by Gasteiger charge is -2.10. The number of hydrogen-bond donors (Lipinski definition) is 1. The number of carbonyl (C=O) groups is 2. The van der Waals surface area contributed by atoms with Crippen molar-refractivity contribution < 1.29 is 19.4 Å². The second-order valence-corrected chi connectivity index (χ2v) is 3.65. The standard InChI is InChI=1S/C8H6O4S/c9-5-1-2-12-8-4(5)3-6(13-8)7(10)11/h3H,1-2H2,(H,10,11). The molecule has 68 valence electrons. The van der Waals surface area contributed by atoms with Crippen LogP contribution in [0.3, 0.4) is 0 Å². The first kappa shape index (κ1) is 8.25. The van der Waals surface area contributed by atoms with E-state index in [0.29, 0.717) is 23.7 Å². The van der Waals surface area contributed by atoms with E-state index in [4.69, 9.17) is 9.84 Å². The summed E-state index contributed by atoms with van der Waals surface area (Å²) >= 11 is 1.00. The quantitative estimate of drug-likeness (QED) is 0.741. The highest BCUT2D eigenvalue weighted by Crippen LogP contribution is 2.34. The number of fused-ring (bicyclic) bond motifs is 1. The van der Waals surface area contributed by atoms with Gasteiger partial charge in [-0.25, -0.2) is 4.79 Å². The van der Waals surface area contributed by atoms with E-state index < -0.39 is 5.97 Å². The van der Waals surface area contributed by atoms with Crippen molar-refractivity contribution in [2.24, 2.45) is 0 Å². The van der Waals surface area contributed by atoms with Crippen molar-refractivity contribution in [1.29, 1.82) is 0 Å². The Balaban J connectivity index is 2.48. The third-order valence-electron chi connectivity index (χ3n) is 1.77. The van der Waals surface area contributed by atoms with Crippen LogP contribution in [0.25, 0.3) is 0 Å². The molecule has 0 unspecified atom stereocenters. The van der Waals surface area contributed by atoms with Gasteiger partial charge in [-0.05, 0) is 6.07 Å². The number of ketones is 1. The lowest BCUT2D eigenvalue weighted by atomic mass is 10.1. The van der Waals surface area contributed by atoms with Crippen LogP contribution in [0.15, 0.2) is 6.07 Å². The predicted octanol–water partition coefficient (Wildman–Crippen LogP) is 1.41. The summed E-state index contributed by atoms with van der Waals surface area (Å²) < 4.78 is 5.16.